The first kappa shape index (κ1) is 34.5. The molecule has 1 saturated heterocycles. The van der Waals surface area contributed by atoms with Crippen LogP contribution in [0.5, 0.6) is 0 Å². The number of halogens is 3. The molecule has 44 heavy (non-hydrogen) atoms. The van der Waals surface area contributed by atoms with Gasteiger partial charge in [-0.2, -0.15) is 13.2 Å². The predicted octanol–water partition coefficient (Wildman–Crippen LogP) is 3.47. The van der Waals surface area contributed by atoms with E-state index < -0.39 is 24.8 Å². The zero-order chi connectivity index (χ0) is 32.2. The van der Waals surface area contributed by atoms with E-state index in [9.17, 15) is 18.0 Å². The number of hydrogen-bond donors (Lipinski definition) is 4. The molecule has 0 atom stereocenters. The fourth-order valence-electron chi connectivity index (χ4n) is 5.60. The van der Waals surface area contributed by atoms with Gasteiger partial charge in [0, 0.05) is 0 Å². The number of guanidine groups is 1. The maximum Gasteiger partial charge on any atom is 0.490 e. The summed E-state index contributed by atoms with van der Waals surface area (Å²) < 4.78 is 37.3. The third-order valence-corrected chi connectivity index (χ3v) is 13.0. The number of carboxylic acid groups (broad SMARTS) is 1. The quantitative estimate of drug-likeness (QED) is 0.117. The van der Waals surface area contributed by atoms with Gasteiger partial charge in [-0.3, -0.25) is 0 Å². The minimum absolute atomic E-state index is 0.0250. The van der Waals surface area contributed by atoms with Gasteiger partial charge in [-0.05, 0) is 0 Å². The molecule has 238 valence electrons. The number of carbonyl (C=O) groups excluding carboxylic acids is 1. The normalized spacial score (nSPS) is 14.8. The molecular formula is C32H40F3N4O4P. The molecule has 3 aromatic carbocycles. The number of alkyl halides is 3. The SMILES string of the molecule is CN(CC1(C(=O)NCCC[PH](c2ccccc2)(c2ccccc2)c2ccccc2)CCOCC1)C(=N)N.O=C(O)C(F)(F)F. The number of carbonyl (C=O) groups is 2. The van der Waals surface area contributed by atoms with Gasteiger partial charge in [-0.15, -0.1) is 0 Å². The van der Waals surface area contributed by atoms with Crippen molar-refractivity contribution >= 4 is 41.0 Å². The number of nitrogens with two attached hydrogens (primary N) is 1. The Morgan fingerprint density at radius 3 is 1.70 bits per heavy atom. The van der Waals surface area contributed by atoms with Gasteiger partial charge in [0.15, 0.2) is 0 Å². The summed E-state index contributed by atoms with van der Waals surface area (Å²) in [4.78, 5) is 24.1. The van der Waals surface area contributed by atoms with Crippen molar-refractivity contribution in [1.82, 2.24) is 10.2 Å². The summed E-state index contributed by atoms with van der Waals surface area (Å²) >= 11 is 0. The Hall–Kier alpha value is -3.95. The van der Waals surface area contributed by atoms with E-state index in [1.807, 2.05) is 0 Å². The van der Waals surface area contributed by atoms with Crippen LogP contribution in [-0.4, -0.2) is 73.5 Å². The number of benzene rings is 3. The summed E-state index contributed by atoms with van der Waals surface area (Å²) in [6, 6.07) is 32.6. The van der Waals surface area contributed by atoms with Crippen molar-refractivity contribution in [2.45, 2.75) is 25.4 Å². The van der Waals surface area contributed by atoms with Crippen LogP contribution in [0.25, 0.3) is 0 Å². The van der Waals surface area contributed by atoms with Crippen LogP contribution in [0.1, 0.15) is 19.3 Å². The van der Waals surface area contributed by atoms with Crippen LogP contribution < -0.4 is 27.0 Å². The predicted molar refractivity (Wildman–Crippen MR) is 170 cm³/mol. The third-order valence-electron chi connectivity index (χ3n) is 7.94. The molecule has 12 heteroatoms. The fourth-order valence-corrected chi connectivity index (χ4v) is 10.5. The van der Waals surface area contributed by atoms with Gasteiger partial charge in [0.25, 0.3) is 0 Å². The molecule has 0 saturated carbocycles. The Balaban J connectivity index is 0.000000676. The number of amides is 1. The topological polar surface area (TPSA) is 129 Å². The van der Waals surface area contributed by atoms with Gasteiger partial charge >= 0.3 is 233 Å². The van der Waals surface area contributed by atoms with Crippen LogP contribution >= 0.6 is 7.26 Å². The van der Waals surface area contributed by atoms with Crippen molar-refractivity contribution in [3.05, 3.63) is 91.0 Å². The van der Waals surface area contributed by atoms with Gasteiger partial charge in [-0.25, -0.2) is 4.79 Å². The zero-order valence-electron chi connectivity index (χ0n) is 24.6. The van der Waals surface area contributed by atoms with Crippen molar-refractivity contribution in [1.29, 1.82) is 5.41 Å². The fraction of sp³-hybridized carbons (Fsp3) is 0.344. The number of nitrogens with one attached hydrogen (secondary N) is 2. The summed E-state index contributed by atoms with van der Waals surface area (Å²) in [5.41, 5.74) is 5.11. The molecule has 0 aliphatic carbocycles. The summed E-state index contributed by atoms with van der Waals surface area (Å²) in [5.74, 6) is -2.74. The van der Waals surface area contributed by atoms with E-state index in [0.717, 1.165) is 12.6 Å². The van der Waals surface area contributed by atoms with E-state index >= 15 is 0 Å². The number of carboxylic acids is 1. The number of ether oxygens (including phenoxy) is 1. The molecule has 0 radical (unpaired) electrons. The molecule has 1 aliphatic rings. The second-order valence-corrected chi connectivity index (χ2v) is 14.8. The summed E-state index contributed by atoms with van der Waals surface area (Å²) in [6.07, 6.45) is -1.97. The minimum atomic E-state index is -5.08. The number of hydrogen-bond acceptors (Lipinski definition) is 4. The van der Waals surface area contributed by atoms with E-state index in [4.69, 9.17) is 25.8 Å². The first-order valence-electron chi connectivity index (χ1n) is 14.3. The molecule has 1 amide bonds. The van der Waals surface area contributed by atoms with Crippen LogP contribution in [0.3, 0.4) is 0 Å². The van der Waals surface area contributed by atoms with Crippen LogP contribution in [0.4, 0.5) is 13.2 Å². The number of rotatable bonds is 10. The second kappa shape index (κ2) is 15.7. The Morgan fingerprint density at radius 1 is 0.932 bits per heavy atom. The van der Waals surface area contributed by atoms with Crippen LogP contribution in [-0.2, 0) is 14.3 Å². The van der Waals surface area contributed by atoms with Gasteiger partial charge in [-0.1, -0.05) is 0 Å². The van der Waals surface area contributed by atoms with E-state index in [-0.39, 0.29) is 11.9 Å². The molecule has 1 aliphatic heterocycles. The monoisotopic (exact) mass is 632 g/mol. The van der Waals surface area contributed by atoms with Gasteiger partial charge in [0.05, 0.1) is 0 Å². The molecule has 8 nitrogen and oxygen atoms in total. The Bertz CT molecular complexity index is 1260. The average Bonchev–Trinajstić information content (AvgIpc) is 3.02. The maximum absolute atomic E-state index is 13.5. The minimum Gasteiger partial charge on any atom is -0.475 e. The molecule has 4 rings (SSSR count). The van der Waals surface area contributed by atoms with E-state index in [2.05, 4.69) is 96.3 Å². The first-order valence-corrected chi connectivity index (χ1v) is 16.5. The van der Waals surface area contributed by atoms with Crippen molar-refractivity contribution in [3.63, 3.8) is 0 Å². The molecule has 1 heterocycles. The van der Waals surface area contributed by atoms with E-state index in [0.29, 0.717) is 39.1 Å². The van der Waals surface area contributed by atoms with Gasteiger partial charge in [0.1, 0.15) is 0 Å². The number of aliphatic carboxylic acids is 1. The van der Waals surface area contributed by atoms with Crippen molar-refractivity contribution < 1.29 is 32.6 Å². The molecule has 0 unspecified atom stereocenters. The molecule has 5 N–H and O–H groups in total. The van der Waals surface area contributed by atoms with Gasteiger partial charge < -0.3 is 5.11 Å². The van der Waals surface area contributed by atoms with Crippen molar-refractivity contribution in [2.24, 2.45) is 11.1 Å². The molecule has 3 aromatic rings. The standard InChI is InChI=1S/C30H39N4O2P.C2HF3O2/c1-34(29(31)32)24-30(18-21-36-22-19-30)28(35)33-20-11-23-37(25-12-5-2-6-13-25,26-14-7-3-8-15-26)27-16-9-4-10-17-27;3-2(4,5)1(6)7/h2-10,12-17,37H,11,18-24H2,1H3,(H3,31,32)(H,33,35);(H,6,7). The molecule has 0 aromatic heterocycles. The third kappa shape index (κ3) is 8.80. The van der Waals surface area contributed by atoms with Crippen molar-refractivity contribution in [3.8, 4) is 0 Å². The van der Waals surface area contributed by atoms with Gasteiger partial charge in [0.2, 0.25) is 0 Å². The van der Waals surface area contributed by atoms with Crippen LogP contribution in [0.2, 0.25) is 0 Å². The summed E-state index contributed by atoms with van der Waals surface area (Å²) in [5, 5.41) is 22.3. The zero-order valence-corrected chi connectivity index (χ0v) is 25.6. The summed E-state index contributed by atoms with van der Waals surface area (Å²) in [7, 11) is -0.549. The Kier molecular flexibility index (Phi) is 12.3. The first-order chi connectivity index (χ1) is 20.9. The second-order valence-electron chi connectivity index (χ2n) is 10.8. The molecule has 0 bridgehead atoms. The Morgan fingerprint density at radius 2 is 1.34 bits per heavy atom. The van der Waals surface area contributed by atoms with Crippen LogP contribution in [0.15, 0.2) is 91.0 Å². The van der Waals surface area contributed by atoms with E-state index in [1.165, 1.54) is 15.9 Å². The smallest absolute Gasteiger partial charge is 0.475 e. The average molecular weight is 633 g/mol. The van der Waals surface area contributed by atoms with E-state index in [1.54, 1.807) is 11.9 Å². The molecule has 0 spiro atoms. The van der Waals surface area contributed by atoms with Crippen LogP contribution in [0, 0.1) is 10.8 Å². The number of nitrogens with zero attached hydrogens (tertiary/aromatic N) is 1. The summed E-state index contributed by atoms with van der Waals surface area (Å²) in [6.45, 7) is 2.12. The maximum atomic E-state index is 13.5. The van der Waals surface area contributed by atoms with Crippen molar-refractivity contribution in [2.75, 3.05) is 39.5 Å². The molecular weight excluding hydrogens is 592 g/mol. The Labute approximate surface area is 256 Å². The molecule has 1 fully saturated rings. The largest absolute Gasteiger partial charge is 0.490 e.